The van der Waals surface area contributed by atoms with Crippen molar-refractivity contribution in [2.75, 3.05) is 17.2 Å². The minimum atomic E-state index is 0.779. The van der Waals surface area contributed by atoms with E-state index in [0.717, 1.165) is 37.6 Å². The third-order valence-corrected chi connectivity index (χ3v) is 3.33. The number of rotatable bonds is 7. The van der Waals surface area contributed by atoms with Crippen LogP contribution in [0.25, 0.3) is 0 Å². The fourth-order valence-electron chi connectivity index (χ4n) is 2.38. The Balaban J connectivity index is 2.16. The van der Waals surface area contributed by atoms with Gasteiger partial charge in [-0.25, -0.2) is 9.97 Å². The van der Waals surface area contributed by atoms with E-state index >= 15 is 0 Å². The quantitative estimate of drug-likeness (QED) is 0.812. The molecule has 0 unspecified atom stereocenters. The van der Waals surface area contributed by atoms with Crippen LogP contribution in [0.5, 0.6) is 0 Å². The molecule has 0 aliphatic rings. The lowest BCUT2D eigenvalue weighted by atomic mass is 10.1. The smallest absolute Gasteiger partial charge is 0.134 e. The van der Waals surface area contributed by atoms with E-state index in [1.54, 1.807) is 6.33 Å². The summed E-state index contributed by atoms with van der Waals surface area (Å²) in [6.07, 6.45) is 3.67. The van der Waals surface area contributed by atoms with Gasteiger partial charge in [0, 0.05) is 18.7 Å². The van der Waals surface area contributed by atoms with Crippen LogP contribution >= 0.6 is 0 Å². The third kappa shape index (κ3) is 4.18. The molecule has 2 N–H and O–H groups in total. The van der Waals surface area contributed by atoms with Crippen molar-refractivity contribution in [1.29, 1.82) is 0 Å². The number of hydrogen-bond donors (Lipinski definition) is 2. The summed E-state index contributed by atoms with van der Waals surface area (Å²) in [4.78, 5) is 8.77. The monoisotopic (exact) mass is 284 g/mol. The molecule has 2 rings (SSSR count). The predicted molar refractivity (Wildman–Crippen MR) is 88.7 cm³/mol. The number of nitrogens with zero attached hydrogens (tertiary/aromatic N) is 2. The molecule has 0 saturated heterocycles. The second kappa shape index (κ2) is 7.62. The molecule has 21 heavy (non-hydrogen) atoms. The molecular formula is C17H24N4. The van der Waals surface area contributed by atoms with Gasteiger partial charge in [0.15, 0.2) is 0 Å². The molecule has 112 valence electrons. The summed E-state index contributed by atoms with van der Waals surface area (Å²) >= 11 is 0. The van der Waals surface area contributed by atoms with Crippen molar-refractivity contribution >= 4 is 11.6 Å². The summed E-state index contributed by atoms with van der Waals surface area (Å²) in [5, 5.41) is 6.77. The maximum Gasteiger partial charge on any atom is 0.134 e. The molecule has 0 atom stereocenters. The van der Waals surface area contributed by atoms with Crippen LogP contribution in [-0.4, -0.2) is 16.5 Å². The van der Waals surface area contributed by atoms with Crippen LogP contribution in [0, 0.1) is 6.92 Å². The maximum atomic E-state index is 4.42. The van der Waals surface area contributed by atoms with Gasteiger partial charge in [-0.3, -0.25) is 0 Å². The highest BCUT2D eigenvalue weighted by Crippen LogP contribution is 2.22. The van der Waals surface area contributed by atoms with E-state index in [2.05, 4.69) is 65.6 Å². The third-order valence-electron chi connectivity index (χ3n) is 3.33. The van der Waals surface area contributed by atoms with E-state index in [1.807, 2.05) is 0 Å². The predicted octanol–water partition coefficient (Wildman–Crippen LogP) is 3.78. The van der Waals surface area contributed by atoms with Crippen molar-refractivity contribution in [3.05, 3.63) is 47.3 Å². The van der Waals surface area contributed by atoms with Crippen molar-refractivity contribution in [1.82, 2.24) is 9.97 Å². The fraction of sp³-hybridized carbons (Fsp3) is 0.412. The topological polar surface area (TPSA) is 49.8 Å². The molecule has 1 aromatic heterocycles. The molecular weight excluding hydrogens is 260 g/mol. The largest absolute Gasteiger partial charge is 0.370 e. The van der Waals surface area contributed by atoms with E-state index in [1.165, 1.54) is 16.7 Å². The van der Waals surface area contributed by atoms with Gasteiger partial charge >= 0.3 is 0 Å². The number of aryl methyl sites for hydroxylation is 1. The molecule has 4 nitrogen and oxygen atoms in total. The average Bonchev–Trinajstić information content (AvgIpc) is 2.48. The Morgan fingerprint density at radius 2 is 1.81 bits per heavy atom. The Morgan fingerprint density at radius 3 is 2.48 bits per heavy atom. The van der Waals surface area contributed by atoms with Crippen molar-refractivity contribution < 1.29 is 0 Å². The molecule has 4 heteroatoms. The van der Waals surface area contributed by atoms with Gasteiger partial charge < -0.3 is 10.6 Å². The van der Waals surface area contributed by atoms with Crippen LogP contribution in [0.4, 0.5) is 11.6 Å². The van der Waals surface area contributed by atoms with Gasteiger partial charge in [-0.05, 0) is 25.8 Å². The molecule has 0 spiro atoms. The van der Waals surface area contributed by atoms with Gasteiger partial charge in [-0.15, -0.1) is 0 Å². The molecule has 0 aliphatic carbocycles. The molecule has 0 radical (unpaired) electrons. The van der Waals surface area contributed by atoms with Crippen molar-refractivity contribution in [3.63, 3.8) is 0 Å². The molecule has 0 saturated carbocycles. The van der Waals surface area contributed by atoms with Crippen LogP contribution in [0.15, 0.2) is 30.6 Å². The molecule has 2 aromatic rings. The zero-order valence-corrected chi connectivity index (χ0v) is 13.1. The first-order valence-corrected chi connectivity index (χ1v) is 7.61. The summed E-state index contributed by atoms with van der Waals surface area (Å²) < 4.78 is 0. The highest BCUT2D eigenvalue weighted by molar-refractivity contribution is 5.57. The molecule has 1 heterocycles. The van der Waals surface area contributed by atoms with Crippen LogP contribution < -0.4 is 10.6 Å². The molecule has 1 aromatic carbocycles. The Hall–Kier alpha value is -2.10. The first-order valence-electron chi connectivity index (χ1n) is 7.61. The lowest BCUT2D eigenvalue weighted by molar-refractivity contribution is 0.895. The van der Waals surface area contributed by atoms with Crippen molar-refractivity contribution in [2.45, 2.75) is 40.2 Å². The molecule has 0 bridgehead atoms. The lowest BCUT2D eigenvalue weighted by Crippen LogP contribution is -2.10. The van der Waals surface area contributed by atoms with E-state index in [4.69, 9.17) is 0 Å². The standard InChI is InChI=1S/C17H24N4/c1-4-7-15-16(18-5-2)20-12-21-17(15)19-11-14-9-6-8-13(3)10-14/h6,8-10,12H,4-5,7,11H2,1-3H3,(H2,18,19,20,21). The number of hydrogen-bond acceptors (Lipinski definition) is 4. The lowest BCUT2D eigenvalue weighted by Gasteiger charge is -2.14. The summed E-state index contributed by atoms with van der Waals surface area (Å²) in [5.41, 5.74) is 3.72. The Morgan fingerprint density at radius 1 is 1.05 bits per heavy atom. The second-order valence-corrected chi connectivity index (χ2v) is 5.17. The SMILES string of the molecule is CCCc1c(NCC)ncnc1NCc1cccc(C)c1. The minimum Gasteiger partial charge on any atom is -0.370 e. The van der Waals surface area contributed by atoms with Crippen LogP contribution in [0.3, 0.4) is 0 Å². The van der Waals surface area contributed by atoms with Crippen LogP contribution in [0.2, 0.25) is 0 Å². The summed E-state index contributed by atoms with van der Waals surface area (Å²) in [5.74, 6) is 1.88. The van der Waals surface area contributed by atoms with Gasteiger partial charge in [0.2, 0.25) is 0 Å². The van der Waals surface area contributed by atoms with Crippen molar-refractivity contribution in [2.24, 2.45) is 0 Å². The molecule has 0 aliphatic heterocycles. The van der Waals surface area contributed by atoms with E-state index < -0.39 is 0 Å². The van der Waals surface area contributed by atoms with Gasteiger partial charge in [0.25, 0.3) is 0 Å². The average molecular weight is 284 g/mol. The normalized spacial score (nSPS) is 10.4. The summed E-state index contributed by atoms with van der Waals surface area (Å²) in [6.45, 7) is 8.01. The van der Waals surface area contributed by atoms with Gasteiger partial charge in [-0.1, -0.05) is 43.2 Å². The van der Waals surface area contributed by atoms with E-state index in [-0.39, 0.29) is 0 Å². The van der Waals surface area contributed by atoms with Gasteiger partial charge in [-0.2, -0.15) is 0 Å². The Bertz CT molecular complexity index is 581. The first-order chi connectivity index (χ1) is 10.2. The van der Waals surface area contributed by atoms with Gasteiger partial charge in [0.05, 0.1) is 0 Å². The first kappa shape index (κ1) is 15.3. The second-order valence-electron chi connectivity index (χ2n) is 5.17. The Kier molecular flexibility index (Phi) is 5.55. The van der Waals surface area contributed by atoms with E-state index in [0.29, 0.717) is 0 Å². The van der Waals surface area contributed by atoms with Crippen LogP contribution in [-0.2, 0) is 13.0 Å². The summed E-state index contributed by atoms with van der Waals surface area (Å²) in [7, 11) is 0. The van der Waals surface area contributed by atoms with Crippen LogP contribution in [0.1, 0.15) is 37.0 Å². The molecule has 0 fully saturated rings. The fourth-order valence-corrected chi connectivity index (χ4v) is 2.38. The number of aromatic nitrogens is 2. The zero-order valence-electron chi connectivity index (χ0n) is 13.1. The number of anilines is 2. The van der Waals surface area contributed by atoms with E-state index in [9.17, 15) is 0 Å². The highest BCUT2D eigenvalue weighted by atomic mass is 15.1. The van der Waals surface area contributed by atoms with Gasteiger partial charge in [0.1, 0.15) is 18.0 Å². The Labute approximate surface area is 127 Å². The number of benzene rings is 1. The van der Waals surface area contributed by atoms with Crippen molar-refractivity contribution in [3.8, 4) is 0 Å². The zero-order chi connectivity index (χ0) is 15.1. The maximum absolute atomic E-state index is 4.42. The summed E-state index contributed by atoms with van der Waals surface area (Å²) in [6, 6.07) is 8.52. The highest BCUT2D eigenvalue weighted by Gasteiger charge is 2.10. The molecule has 0 amide bonds. The minimum absolute atomic E-state index is 0.779. The number of nitrogens with one attached hydrogen (secondary N) is 2.